The first-order valence-electron chi connectivity index (χ1n) is 7.94. The molecule has 1 aromatic rings. The minimum Gasteiger partial charge on any atom is -0.310 e. The highest BCUT2D eigenvalue weighted by molar-refractivity contribution is 6.30. The van der Waals surface area contributed by atoms with Gasteiger partial charge < -0.3 is 5.32 Å². The summed E-state index contributed by atoms with van der Waals surface area (Å²) in [4.78, 5) is 0. The number of hydrogen-bond acceptors (Lipinski definition) is 1. The van der Waals surface area contributed by atoms with Crippen molar-refractivity contribution in [2.45, 2.75) is 52.0 Å². The van der Waals surface area contributed by atoms with Gasteiger partial charge in [-0.2, -0.15) is 0 Å². The molecule has 0 aliphatic heterocycles. The molecule has 0 heterocycles. The van der Waals surface area contributed by atoms with Gasteiger partial charge in [0.1, 0.15) is 11.6 Å². The second kappa shape index (κ2) is 7.55. The van der Waals surface area contributed by atoms with Crippen molar-refractivity contribution < 1.29 is 8.78 Å². The van der Waals surface area contributed by atoms with Crippen molar-refractivity contribution in [3.8, 4) is 0 Å². The summed E-state index contributed by atoms with van der Waals surface area (Å²) in [5.41, 5.74) is 0.415. The molecule has 0 amide bonds. The molecule has 1 aromatic carbocycles. The summed E-state index contributed by atoms with van der Waals surface area (Å²) in [6.45, 7) is 4.96. The molecule has 118 valence electrons. The van der Waals surface area contributed by atoms with Crippen LogP contribution in [-0.4, -0.2) is 6.54 Å². The maximum atomic E-state index is 14.2. The van der Waals surface area contributed by atoms with Gasteiger partial charge in [-0.1, -0.05) is 44.7 Å². The van der Waals surface area contributed by atoms with Crippen molar-refractivity contribution in [3.63, 3.8) is 0 Å². The Labute approximate surface area is 131 Å². The van der Waals surface area contributed by atoms with Crippen LogP contribution in [0.4, 0.5) is 8.78 Å². The van der Waals surface area contributed by atoms with E-state index in [1.165, 1.54) is 25.3 Å². The van der Waals surface area contributed by atoms with Gasteiger partial charge >= 0.3 is 0 Å². The number of halogens is 3. The van der Waals surface area contributed by atoms with Crippen LogP contribution in [0.1, 0.15) is 57.6 Å². The third-order valence-electron chi connectivity index (χ3n) is 4.74. The Bertz CT molecular complexity index is 470. The van der Waals surface area contributed by atoms with Crippen LogP contribution in [0.15, 0.2) is 12.1 Å². The van der Waals surface area contributed by atoms with Gasteiger partial charge in [0.15, 0.2) is 0 Å². The normalized spacial score (nSPS) is 24.0. The molecule has 1 saturated carbocycles. The quantitative estimate of drug-likeness (QED) is 0.709. The Morgan fingerprint density at radius 1 is 1.14 bits per heavy atom. The molecular formula is C17H24ClF2N. The Hall–Kier alpha value is -0.670. The van der Waals surface area contributed by atoms with Gasteiger partial charge in [0.05, 0.1) is 5.02 Å². The van der Waals surface area contributed by atoms with E-state index < -0.39 is 11.6 Å². The van der Waals surface area contributed by atoms with Crippen LogP contribution in [0.25, 0.3) is 0 Å². The lowest BCUT2D eigenvalue weighted by Gasteiger charge is -2.34. The average Bonchev–Trinajstić information content (AvgIpc) is 2.49. The van der Waals surface area contributed by atoms with Crippen LogP contribution in [-0.2, 0) is 0 Å². The molecule has 1 nitrogen and oxygen atoms in total. The Morgan fingerprint density at radius 2 is 1.81 bits per heavy atom. The number of rotatable bonds is 5. The minimum absolute atomic E-state index is 0.125. The summed E-state index contributed by atoms with van der Waals surface area (Å²) >= 11 is 5.66. The lowest BCUT2D eigenvalue weighted by atomic mass is 9.76. The first kappa shape index (κ1) is 16.7. The molecule has 0 saturated heterocycles. The van der Waals surface area contributed by atoms with Gasteiger partial charge in [0.2, 0.25) is 0 Å². The van der Waals surface area contributed by atoms with Crippen molar-refractivity contribution in [2.24, 2.45) is 11.8 Å². The molecule has 0 bridgehead atoms. The summed E-state index contributed by atoms with van der Waals surface area (Å²) in [6, 6.07) is 2.23. The monoisotopic (exact) mass is 315 g/mol. The Kier molecular flexibility index (Phi) is 6.00. The molecule has 2 rings (SSSR count). The highest BCUT2D eigenvalue weighted by Crippen LogP contribution is 2.39. The highest BCUT2D eigenvalue weighted by atomic mass is 35.5. The van der Waals surface area contributed by atoms with E-state index in [-0.39, 0.29) is 11.1 Å². The number of hydrogen-bond donors (Lipinski definition) is 1. The van der Waals surface area contributed by atoms with E-state index in [9.17, 15) is 8.78 Å². The van der Waals surface area contributed by atoms with Crippen molar-refractivity contribution >= 4 is 11.6 Å². The average molecular weight is 316 g/mol. The van der Waals surface area contributed by atoms with Crippen LogP contribution < -0.4 is 5.32 Å². The highest BCUT2D eigenvalue weighted by Gasteiger charge is 2.29. The van der Waals surface area contributed by atoms with Gasteiger partial charge in [-0.15, -0.1) is 0 Å². The van der Waals surface area contributed by atoms with Gasteiger partial charge in [-0.25, -0.2) is 8.78 Å². The topological polar surface area (TPSA) is 12.0 Å². The second-order valence-corrected chi connectivity index (χ2v) is 6.42. The zero-order valence-electron chi connectivity index (χ0n) is 12.8. The molecule has 0 spiro atoms. The first-order valence-corrected chi connectivity index (χ1v) is 8.32. The van der Waals surface area contributed by atoms with Crippen molar-refractivity contribution in [2.75, 3.05) is 6.54 Å². The lowest BCUT2D eigenvalue weighted by Crippen LogP contribution is -2.31. The van der Waals surface area contributed by atoms with Crippen LogP contribution in [0.2, 0.25) is 5.02 Å². The maximum Gasteiger partial charge on any atom is 0.142 e. The fourth-order valence-electron chi connectivity index (χ4n) is 3.46. The molecule has 1 atom stereocenters. The smallest absolute Gasteiger partial charge is 0.142 e. The van der Waals surface area contributed by atoms with E-state index >= 15 is 0 Å². The van der Waals surface area contributed by atoms with Crippen LogP contribution in [0, 0.1) is 23.5 Å². The van der Waals surface area contributed by atoms with Crippen molar-refractivity contribution in [1.82, 2.24) is 5.32 Å². The predicted octanol–water partition coefficient (Wildman–Crippen LogP) is 5.49. The van der Waals surface area contributed by atoms with Gasteiger partial charge in [-0.05, 0) is 43.4 Å². The molecule has 4 heteroatoms. The summed E-state index contributed by atoms with van der Waals surface area (Å²) in [6.07, 6.45) is 5.71. The van der Waals surface area contributed by atoms with E-state index in [2.05, 4.69) is 12.2 Å². The largest absolute Gasteiger partial charge is 0.310 e. The Balaban J connectivity index is 2.21. The second-order valence-electron chi connectivity index (χ2n) is 6.01. The molecule has 0 radical (unpaired) electrons. The van der Waals surface area contributed by atoms with E-state index in [0.29, 0.717) is 11.5 Å². The molecule has 1 N–H and O–H groups in total. The van der Waals surface area contributed by atoms with Crippen LogP contribution in [0.5, 0.6) is 0 Å². The molecule has 1 fully saturated rings. The first-order chi connectivity index (χ1) is 10.1. The zero-order valence-corrected chi connectivity index (χ0v) is 13.5. The predicted molar refractivity (Wildman–Crippen MR) is 83.5 cm³/mol. The summed E-state index contributed by atoms with van der Waals surface area (Å²) in [5.74, 6) is 0.196. The lowest BCUT2D eigenvalue weighted by molar-refractivity contribution is 0.217. The third-order valence-corrected chi connectivity index (χ3v) is 5.03. The van der Waals surface area contributed by atoms with Gasteiger partial charge in [0.25, 0.3) is 0 Å². The fourth-order valence-corrected chi connectivity index (χ4v) is 3.61. The van der Waals surface area contributed by atoms with E-state index in [4.69, 9.17) is 11.6 Å². The number of nitrogens with one attached hydrogen (secondary N) is 1. The fraction of sp³-hybridized carbons (Fsp3) is 0.647. The van der Waals surface area contributed by atoms with Gasteiger partial charge in [-0.3, -0.25) is 0 Å². The summed E-state index contributed by atoms with van der Waals surface area (Å²) in [5, 5.41) is 3.19. The van der Waals surface area contributed by atoms with Crippen molar-refractivity contribution in [1.29, 1.82) is 0 Å². The van der Waals surface area contributed by atoms with Gasteiger partial charge in [0, 0.05) is 11.6 Å². The van der Waals surface area contributed by atoms with Crippen molar-refractivity contribution in [3.05, 3.63) is 34.4 Å². The standard InChI is InChI=1S/C17H24ClF2N/c1-3-11-5-7-12(8-6-11)17(21-4-2)13-9-16(20)14(18)10-15(13)19/h9-12,17,21H,3-8H2,1-2H3. The van der Waals surface area contributed by atoms with E-state index in [0.717, 1.165) is 31.4 Å². The molecule has 1 unspecified atom stereocenters. The third kappa shape index (κ3) is 3.95. The maximum absolute atomic E-state index is 14.2. The summed E-state index contributed by atoms with van der Waals surface area (Å²) < 4.78 is 27.9. The molecule has 0 aromatic heterocycles. The summed E-state index contributed by atoms with van der Waals surface area (Å²) in [7, 11) is 0. The number of benzene rings is 1. The molecular weight excluding hydrogens is 292 g/mol. The van der Waals surface area contributed by atoms with E-state index in [1.807, 2.05) is 6.92 Å². The van der Waals surface area contributed by atoms with Crippen LogP contribution in [0.3, 0.4) is 0 Å². The molecule has 21 heavy (non-hydrogen) atoms. The molecule has 1 aliphatic carbocycles. The van der Waals surface area contributed by atoms with E-state index in [1.54, 1.807) is 0 Å². The SMILES string of the molecule is CCNC(c1cc(F)c(Cl)cc1F)C1CCC(CC)CC1. The minimum atomic E-state index is -0.543. The Morgan fingerprint density at radius 3 is 2.38 bits per heavy atom. The molecule has 1 aliphatic rings. The van der Waals surface area contributed by atoms with Crippen LogP contribution >= 0.6 is 11.6 Å². The zero-order chi connectivity index (χ0) is 15.4.